The van der Waals surface area contributed by atoms with Crippen molar-refractivity contribution in [2.24, 2.45) is 0 Å². The molecule has 0 saturated carbocycles. The lowest BCUT2D eigenvalue weighted by Crippen LogP contribution is -2.44. The van der Waals surface area contributed by atoms with E-state index in [1.807, 2.05) is 26.0 Å². The number of likely N-dealkylation sites (tertiary alicyclic amines) is 1. The maximum absolute atomic E-state index is 11.4. The Labute approximate surface area is 140 Å². The number of carbonyl (C=O) groups excluding carboxylic acids is 1. The highest BCUT2D eigenvalue weighted by atomic mass is 32.1. The number of piperidine rings is 1. The van der Waals surface area contributed by atoms with Crippen LogP contribution in [0.3, 0.4) is 0 Å². The second kappa shape index (κ2) is 7.27. The normalized spacial score (nSPS) is 16.6. The van der Waals surface area contributed by atoms with Gasteiger partial charge < -0.3 is 9.73 Å². The standard InChI is InChI=1S/C17H23N3O2S/c1-3-16(21)18-13-6-8-20(9-7-13)10-14-11-23-17(19-14)15-5-4-12(2)22-15/h4-5,11,13H,3,6-10H2,1-2H3,(H,18,21). The van der Waals surface area contributed by atoms with Crippen molar-refractivity contribution in [3.63, 3.8) is 0 Å². The van der Waals surface area contributed by atoms with Crippen LogP contribution < -0.4 is 5.32 Å². The first kappa shape index (κ1) is 16.2. The maximum atomic E-state index is 11.4. The Morgan fingerprint density at radius 1 is 1.43 bits per heavy atom. The Balaban J connectivity index is 1.51. The fourth-order valence-corrected chi connectivity index (χ4v) is 3.61. The van der Waals surface area contributed by atoms with Gasteiger partial charge in [0.25, 0.3) is 0 Å². The third-order valence-electron chi connectivity index (χ3n) is 4.16. The van der Waals surface area contributed by atoms with Crippen molar-refractivity contribution >= 4 is 17.2 Å². The molecule has 0 bridgehead atoms. The summed E-state index contributed by atoms with van der Waals surface area (Å²) in [5.41, 5.74) is 1.09. The summed E-state index contributed by atoms with van der Waals surface area (Å²) >= 11 is 1.63. The van der Waals surface area contributed by atoms with Crippen LogP contribution in [0, 0.1) is 6.92 Å². The molecule has 3 rings (SSSR count). The third-order valence-corrected chi connectivity index (χ3v) is 5.07. The monoisotopic (exact) mass is 333 g/mol. The predicted octanol–water partition coefficient (Wildman–Crippen LogP) is 3.20. The van der Waals surface area contributed by atoms with Gasteiger partial charge in [-0.25, -0.2) is 4.98 Å². The molecule has 0 aromatic carbocycles. The number of aryl methyl sites for hydroxylation is 1. The number of hydrogen-bond acceptors (Lipinski definition) is 5. The van der Waals surface area contributed by atoms with Gasteiger partial charge in [0, 0.05) is 37.5 Å². The van der Waals surface area contributed by atoms with Crippen molar-refractivity contribution in [3.05, 3.63) is 29.0 Å². The van der Waals surface area contributed by atoms with Gasteiger partial charge >= 0.3 is 0 Å². The second-order valence-corrected chi connectivity index (χ2v) is 6.88. The molecule has 6 heteroatoms. The Hall–Kier alpha value is -1.66. The number of nitrogens with one attached hydrogen (secondary N) is 1. The lowest BCUT2D eigenvalue weighted by atomic mass is 10.0. The summed E-state index contributed by atoms with van der Waals surface area (Å²) in [7, 11) is 0. The van der Waals surface area contributed by atoms with Crippen LogP contribution in [-0.4, -0.2) is 34.9 Å². The Morgan fingerprint density at radius 3 is 2.87 bits per heavy atom. The zero-order valence-corrected chi connectivity index (χ0v) is 14.5. The molecule has 5 nitrogen and oxygen atoms in total. The van der Waals surface area contributed by atoms with Crippen LogP contribution in [0.25, 0.3) is 10.8 Å². The van der Waals surface area contributed by atoms with E-state index in [4.69, 9.17) is 4.42 Å². The molecule has 1 saturated heterocycles. The van der Waals surface area contributed by atoms with Gasteiger partial charge in [0.1, 0.15) is 5.76 Å². The molecule has 0 atom stereocenters. The summed E-state index contributed by atoms with van der Waals surface area (Å²) in [6.45, 7) is 6.71. The second-order valence-electron chi connectivity index (χ2n) is 6.03. The van der Waals surface area contributed by atoms with Crippen molar-refractivity contribution in [2.45, 2.75) is 45.7 Å². The first-order valence-electron chi connectivity index (χ1n) is 8.17. The molecule has 1 N–H and O–H groups in total. The minimum atomic E-state index is 0.154. The topological polar surface area (TPSA) is 58.4 Å². The SMILES string of the molecule is CCC(=O)NC1CCN(Cc2csc(-c3ccc(C)o3)n2)CC1. The Kier molecular flexibility index (Phi) is 5.13. The summed E-state index contributed by atoms with van der Waals surface area (Å²) in [5, 5.41) is 6.14. The van der Waals surface area contributed by atoms with E-state index in [0.717, 1.165) is 54.7 Å². The summed E-state index contributed by atoms with van der Waals surface area (Å²) < 4.78 is 5.63. The van der Waals surface area contributed by atoms with Crippen LogP contribution in [0.1, 0.15) is 37.6 Å². The van der Waals surface area contributed by atoms with Gasteiger partial charge in [0.2, 0.25) is 5.91 Å². The quantitative estimate of drug-likeness (QED) is 0.913. The number of furan rings is 1. The zero-order chi connectivity index (χ0) is 16.2. The number of aromatic nitrogens is 1. The fourth-order valence-electron chi connectivity index (χ4n) is 2.84. The number of rotatable bonds is 5. The summed E-state index contributed by atoms with van der Waals surface area (Å²) in [6.07, 6.45) is 2.59. The molecule has 0 radical (unpaired) electrons. The van der Waals surface area contributed by atoms with Crippen LogP contribution in [0.4, 0.5) is 0 Å². The van der Waals surface area contributed by atoms with Crippen LogP contribution >= 0.6 is 11.3 Å². The van der Waals surface area contributed by atoms with Gasteiger partial charge in [-0.15, -0.1) is 11.3 Å². The van der Waals surface area contributed by atoms with Gasteiger partial charge in [0.15, 0.2) is 10.8 Å². The number of nitrogens with zero attached hydrogens (tertiary/aromatic N) is 2. The lowest BCUT2D eigenvalue weighted by Gasteiger charge is -2.31. The zero-order valence-electron chi connectivity index (χ0n) is 13.7. The Bertz CT molecular complexity index is 656. The highest BCUT2D eigenvalue weighted by molar-refractivity contribution is 7.13. The molecule has 1 amide bonds. The maximum Gasteiger partial charge on any atom is 0.219 e. The van der Waals surface area contributed by atoms with Crippen LogP contribution in [0.15, 0.2) is 21.9 Å². The van der Waals surface area contributed by atoms with Crippen molar-refractivity contribution in [1.29, 1.82) is 0 Å². The summed E-state index contributed by atoms with van der Waals surface area (Å²) in [4.78, 5) is 18.5. The minimum Gasteiger partial charge on any atom is -0.459 e. The predicted molar refractivity (Wildman–Crippen MR) is 91.3 cm³/mol. The van der Waals surface area contributed by atoms with Crippen LogP contribution in [-0.2, 0) is 11.3 Å². The molecule has 1 aliphatic rings. The van der Waals surface area contributed by atoms with Crippen LogP contribution in [0.5, 0.6) is 0 Å². The van der Waals surface area contributed by atoms with E-state index in [2.05, 4.69) is 20.6 Å². The number of carbonyl (C=O) groups is 1. The van der Waals surface area contributed by atoms with E-state index in [0.29, 0.717) is 12.5 Å². The first-order valence-corrected chi connectivity index (χ1v) is 9.05. The largest absolute Gasteiger partial charge is 0.459 e. The highest BCUT2D eigenvalue weighted by Crippen LogP contribution is 2.26. The van der Waals surface area contributed by atoms with Gasteiger partial charge in [-0.1, -0.05) is 6.92 Å². The lowest BCUT2D eigenvalue weighted by molar-refractivity contribution is -0.121. The molecule has 1 aliphatic heterocycles. The fraction of sp³-hybridized carbons (Fsp3) is 0.529. The minimum absolute atomic E-state index is 0.154. The molecule has 0 spiro atoms. The van der Waals surface area contributed by atoms with Crippen molar-refractivity contribution < 1.29 is 9.21 Å². The van der Waals surface area contributed by atoms with Crippen molar-refractivity contribution in [1.82, 2.24) is 15.2 Å². The molecule has 23 heavy (non-hydrogen) atoms. The Morgan fingerprint density at radius 2 is 2.22 bits per heavy atom. The molecule has 2 aromatic heterocycles. The van der Waals surface area contributed by atoms with E-state index in [1.165, 1.54) is 0 Å². The average Bonchev–Trinajstić information content (AvgIpc) is 3.18. The molecule has 0 unspecified atom stereocenters. The van der Waals surface area contributed by atoms with Crippen molar-refractivity contribution in [3.8, 4) is 10.8 Å². The van der Waals surface area contributed by atoms with E-state index in [1.54, 1.807) is 11.3 Å². The van der Waals surface area contributed by atoms with E-state index in [9.17, 15) is 4.79 Å². The van der Waals surface area contributed by atoms with Crippen LogP contribution in [0.2, 0.25) is 0 Å². The smallest absolute Gasteiger partial charge is 0.219 e. The van der Waals surface area contributed by atoms with E-state index < -0.39 is 0 Å². The van der Waals surface area contributed by atoms with E-state index in [-0.39, 0.29) is 5.91 Å². The molecular formula is C17H23N3O2S. The molecular weight excluding hydrogens is 310 g/mol. The molecule has 124 valence electrons. The summed E-state index contributed by atoms with van der Waals surface area (Å²) in [6, 6.07) is 4.27. The first-order chi connectivity index (χ1) is 11.1. The number of amides is 1. The van der Waals surface area contributed by atoms with E-state index >= 15 is 0 Å². The number of thiazole rings is 1. The van der Waals surface area contributed by atoms with Gasteiger partial charge in [-0.05, 0) is 31.9 Å². The number of hydrogen-bond donors (Lipinski definition) is 1. The van der Waals surface area contributed by atoms with Gasteiger partial charge in [0.05, 0.1) is 5.69 Å². The highest BCUT2D eigenvalue weighted by Gasteiger charge is 2.21. The molecule has 3 heterocycles. The molecule has 0 aliphatic carbocycles. The molecule has 1 fully saturated rings. The summed E-state index contributed by atoms with van der Waals surface area (Å²) in [5.74, 6) is 1.91. The van der Waals surface area contributed by atoms with Gasteiger partial charge in [-0.2, -0.15) is 0 Å². The van der Waals surface area contributed by atoms with Gasteiger partial charge in [-0.3, -0.25) is 9.69 Å². The third kappa shape index (κ3) is 4.20. The molecule has 2 aromatic rings. The van der Waals surface area contributed by atoms with Crippen molar-refractivity contribution in [2.75, 3.05) is 13.1 Å². The average molecular weight is 333 g/mol.